The Morgan fingerprint density at radius 2 is 1.55 bits per heavy atom. The van der Waals surface area contributed by atoms with Crippen molar-refractivity contribution >= 4 is 45.8 Å². The van der Waals surface area contributed by atoms with Crippen molar-refractivity contribution in [3.05, 3.63) is 128 Å². The van der Waals surface area contributed by atoms with Crippen molar-refractivity contribution < 1.29 is 19.2 Å². The second-order valence-electron chi connectivity index (χ2n) is 8.27. The van der Waals surface area contributed by atoms with Crippen LogP contribution in [0.4, 0.5) is 5.69 Å². The predicted octanol–water partition coefficient (Wildman–Crippen LogP) is 8.27. The number of nitrogens with zero attached hydrogens (tertiary/aromatic N) is 2. The minimum Gasteiger partial charge on any atom is -0.457 e. The molecule has 5 rings (SSSR count). The molecule has 0 spiro atoms. The Labute approximate surface area is 227 Å². The van der Waals surface area contributed by atoms with Crippen LogP contribution in [0.1, 0.15) is 15.9 Å². The highest BCUT2D eigenvalue weighted by Gasteiger charge is 2.17. The number of rotatable bonds is 7. The molecule has 0 aliphatic rings. The number of non-ortho nitro benzene ring substituents is 1. The van der Waals surface area contributed by atoms with Crippen molar-refractivity contribution in [2.75, 3.05) is 0 Å². The van der Waals surface area contributed by atoms with Crippen LogP contribution in [0, 0.1) is 10.1 Å². The summed E-state index contributed by atoms with van der Waals surface area (Å²) < 4.78 is 11.4. The maximum Gasteiger partial charge on any atom is 0.339 e. The van der Waals surface area contributed by atoms with E-state index in [1.807, 2.05) is 24.3 Å². The van der Waals surface area contributed by atoms with Gasteiger partial charge in [0.15, 0.2) is 0 Å². The molecule has 4 aromatic carbocycles. The Balaban J connectivity index is 1.32. The summed E-state index contributed by atoms with van der Waals surface area (Å²) in [5, 5.41) is 12.4. The lowest BCUT2D eigenvalue weighted by Crippen LogP contribution is -2.07. The van der Waals surface area contributed by atoms with Crippen LogP contribution < -0.4 is 4.74 Å². The quantitative estimate of drug-likeness (QED) is 0.116. The average Bonchev–Trinajstić information content (AvgIpc) is 2.92. The summed E-state index contributed by atoms with van der Waals surface area (Å²) in [5.41, 5.74) is 2.93. The van der Waals surface area contributed by atoms with Gasteiger partial charge in [-0.3, -0.25) is 10.1 Å². The van der Waals surface area contributed by atoms with Gasteiger partial charge in [0.25, 0.3) is 5.69 Å². The van der Waals surface area contributed by atoms with Gasteiger partial charge in [0.05, 0.1) is 26.7 Å². The normalized spacial score (nSPS) is 10.8. The number of carbonyl (C=O) groups is 1. The highest BCUT2D eigenvalue weighted by Crippen LogP contribution is 2.32. The SMILES string of the molecule is O=C(OCc1ccc(Oc2ccc([N+](=O)[O-])cc2)cc1)c1cc(-c2ccc(Cl)cc2Cl)nc2ccccc12. The number of para-hydroxylation sites is 1. The van der Waals surface area contributed by atoms with Gasteiger partial charge in [-0.1, -0.05) is 53.5 Å². The number of ether oxygens (including phenoxy) is 2. The van der Waals surface area contributed by atoms with Crippen LogP contribution in [0.2, 0.25) is 10.0 Å². The number of fused-ring (bicyclic) bond motifs is 1. The second kappa shape index (κ2) is 10.9. The lowest BCUT2D eigenvalue weighted by Gasteiger charge is -2.11. The topological polar surface area (TPSA) is 91.6 Å². The van der Waals surface area contributed by atoms with E-state index in [9.17, 15) is 14.9 Å². The van der Waals surface area contributed by atoms with E-state index in [-0.39, 0.29) is 12.3 Å². The molecule has 0 radical (unpaired) electrons. The zero-order valence-electron chi connectivity index (χ0n) is 19.6. The molecular weight excluding hydrogens is 527 g/mol. The molecule has 0 fully saturated rings. The molecule has 0 bridgehead atoms. The smallest absolute Gasteiger partial charge is 0.339 e. The molecular formula is C29H18Cl2N2O5. The van der Waals surface area contributed by atoms with Gasteiger partial charge in [-0.15, -0.1) is 0 Å². The lowest BCUT2D eigenvalue weighted by molar-refractivity contribution is -0.384. The Morgan fingerprint density at radius 1 is 0.868 bits per heavy atom. The number of carbonyl (C=O) groups excluding carboxylic acids is 1. The monoisotopic (exact) mass is 544 g/mol. The number of nitro groups is 1. The maximum absolute atomic E-state index is 13.2. The maximum atomic E-state index is 13.2. The van der Waals surface area contributed by atoms with E-state index in [1.54, 1.807) is 48.5 Å². The van der Waals surface area contributed by atoms with Crippen LogP contribution in [-0.2, 0) is 11.3 Å². The lowest BCUT2D eigenvalue weighted by atomic mass is 10.0. The highest BCUT2D eigenvalue weighted by molar-refractivity contribution is 6.36. The fraction of sp³-hybridized carbons (Fsp3) is 0.0345. The van der Waals surface area contributed by atoms with Gasteiger partial charge in [0, 0.05) is 28.1 Å². The molecule has 7 nitrogen and oxygen atoms in total. The molecule has 0 aliphatic heterocycles. The van der Waals surface area contributed by atoms with Crippen LogP contribution >= 0.6 is 23.2 Å². The molecule has 38 heavy (non-hydrogen) atoms. The third-order valence-corrected chi connectivity index (χ3v) is 6.27. The minimum atomic E-state index is -0.499. The van der Waals surface area contributed by atoms with E-state index < -0.39 is 10.9 Å². The molecule has 0 atom stereocenters. The summed E-state index contributed by atoms with van der Waals surface area (Å²) >= 11 is 12.4. The second-order valence-corrected chi connectivity index (χ2v) is 9.11. The van der Waals surface area contributed by atoms with Gasteiger partial charge in [0.2, 0.25) is 0 Å². The van der Waals surface area contributed by atoms with Crippen LogP contribution in [-0.4, -0.2) is 15.9 Å². The van der Waals surface area contributed by atoms with Crippen LogP contribution in [0.5, 0.6) is 11.5 Å². The summed E-state index contributed by atoms with van der Waals surface area (Å²) in [7, 11) is 0. The summed E-state index contributed by atoms with van der Waals surface area (Å²) in [4.78, 5) is 28.2. The van der Waals surface area contributed by atoms with Crippen molar-refractivity contribution in [3.63, 3.8) is 0 Å². The van der Waals surface area contributed by atoms with E-state index >= 15 is 0 Å². The van der Waals surface area contributed by atoms with Crippen molar-refractivity contribution in [2.45, 2.75) is 6.61 Å². The molecule has 9 heteroatoms. The van der Waals surface area contributed by atoms with Crippen LogP contribution in [0.3, 0.4) is 0 Å². The number of pyridine rings is 1. The number of hydrogen-bond donors (Lipinski definition) is 0. The zero-order chi connectivity index (χ0) is 26.6. The van der Waals surface area contributed by atoms with Crippen molar-refractivity contribution in [1.82, 2.24) is 4.98 Å². The first-order valence-electron chi connectivity index (χ1n) is 11.4. The average molecular weight is 545 g/mol. The van der Waals surface area contributed by atoms with Gasteiger partial charge >= 0.3 is 5.97 Å². The summed E-state index contributed by atoms with van der Waals surface area (Å²) in [6, 6.07) is 26.9. The first kappa shape index (κ1) is 25.2. The Hall–Kier alpha value is -4.46. The number of benzene rings is 4. The molecule has 1 aromatic heterocycles. The fourth-order valence-electron chi connectivity index (χ4n) is 3.83. The first-order chi connectivity index (χ1) is 18.4. The molecule has 188 valence electrons. The summed E-state index contributed by atoms with van der Waals surface area (Å²) in [6.45, 7) is 0.0460. The standard InChI is InChI=1S/C29H18Cl2N2O5/c30-19-7-14-24(26(31)15-19)28-16-25(23-3-1-2-4-27(23)32-28)29(34)37-17-18-5-10-21(11-6-18)38-22-12-8-20(9-13-22)33(35)36/h1-16H,17H2. The van der Waals surface area contributed by atoms with Crippen LogP contribution in [0.15, 0.2) is 97.1 Å². The molecule has 5 aromatic rings. The third kappa shape index (κ3) is 5.59. The van der Waals surface area contributed by atoms with E-state index in [2.05, 4.69) is 4.98 Å². The summed E-state index contributed by atoms with van der Waals surface area (Å²) in [6.07, 6.45) is 0. The van der Waals surface area contributed by atoms with Gasteiger partial charge in [0.1, 0.15) is 18.1 Å². The Kier molecular flexibility index (Phi) is 7.22. The van der Waals surface area contributed by atoms with Crippen molar-refractivity contribution in [3.8, 4) is 22.8 Å². The molecule has 1 heterocycles. The molecule has 0 unspecified atom stereocenters. The van der Waals surface area contributed by atoms with Crippen molar-refractivity contribution in [1.29, 1.82) is 0 Å². The number of hydrogen-bond acceptors (Lipinski definition) is 6. The van der Waals surface area contributed by atoms with E-state index in [0.29, 0.717) is 49.3 Å². The molecule has 0 amide bonds. The van der Waals surface area contributed by atoms with Gasteiger partial charge in [-0.2, -0.15) is 0 Å². The van der Waals surface area contributed by atoms with Gasteiger partial charge < -0.3 is 9.47 Å². The molecule has 0 saturated heterocycles. The minimum absolute atomic E-state index is 0.0140. The molecule has 0 saturated carbocycles. The fourth-order valence-corrected chi connectivity index (χ4v) is 4.34. The van der Waals surface area contributed by atoms with E-state index in [1.165, 1.54) is 24.3 Å². The first-order valence-corrected chi connectivity index (χ1v) is 12.2. The van der Waals surface area contributed by atoms with Gasteiger partial charge in [-0.05, 0) is 60.2 Å². The molecule has 0 N–H and O–H groups in total. The highest BCUT2D eigenvalue weighted by atomic mass is 35.5. The van der Waals surface area contributed by atoms with E-state index in [0.717, 1.165) is 5.56 Å². The Bertz CT molecular complexity index is 1660. The zero-order valence-corrected chi connectivity index (χ0v) is 21.1. The molecule has 0 aliphatic carbocycles. The summed E-state index contributed by atoms with van der Waals surface area (Å²) in [5.74, 6) is 0.510. The predicted molar refractivity (Wildman–Crippen MR) is 146 cm³/mol. The largest absolute Gasteiger partial charge is 0.457 e. The number of esters is 1. The van der Waals surface area contributed by atoms with Crippen LogP contribution in [0.25, 0.3) is 22.2 Å². The van der Waals surface area contributed by atoms with Gasteiger partial charge in [-0.25, -0.2) is 9.78 Å². The third-order valence-electron chi connectivity index (χ3n) is 5.72. The number of halogens is 2. The number of aromatic nitrogens is 1. The Morgan fingerprint density at radius 3 is 2.24 bits per heavy atom. The van der Waals surface area contributed by atoms with Crippen molar-refractivity contribution in [2.24, 2.45) is 0 Å². The number of nitro benzene ring substituents is 1. The van der Waals surface area contributed by atoms with E-state index in [4.69, 9.17) is 32.7 Å².